The highest BCUT2D eigenvalue weighted by Crippen LogP contribution is 2.25. The van der Waals surface area contributed by atoms with Gasteiger partial charge in [-0.15, -0.1) is 11.3 Å². The molecule has 0 spiro atoms. The Labute approximate surface area is 108 Å². The molecule has 0 radical (unpaired) electrons. The fourth-order valence-corrected chi connectivity index (χ4v) is 2.30. The van der Waals surface area contributed by atoms with Gasteiger partial charge in [0.25, 0.3) is 0 Å². The molecule has 1 rings (SSSR count). The highest BCUT2D eigenvalue weighted by molar-refractivity contribution is 7.15. The predicted octanol–water partition coefficient (Wildman–Crippen LogP) is 2.24. The van der Waals surface area contributed by atoms with Gasteiger partial charge in [-0.25, -0.2) is 4.98 Å². The number of nitrogens with zero attached hydrogens (tertiary/aromatic N) is 2. The molecular formula is C12H23N3OS. The lowest BCUT2D eigenvalue weighted by Crippen LogP contribution is -2.24. The molecule has 1 aromatic rings. The molecule has 0 aliphatic heterocycles. The number of nitrogens with one attached hydrogen (secondary N) is 1. The van der Waals surface area contributed by atoms with Gasteiger partial charge in [0.1, 0.15) is 0 Å². The number of ether oxygens (including phenoxy) is 1. The number of thiazole rings is 1. The molecule has 1 N–H and O–H groups in total. The van der Waals surface area contributed by atoms with E-state index in [9.17, 15) is 0 Å². The van der Waals surface area contributed by atoms with Gasteiger partial charge in [-0.1, -0.05) is 6.92 Å². The van der Waals surface area contributed by atoms with Crippen molar-refractivity contribution in [2.45, 2.75) is 39.5 Å². The van der Waals surface area contributed by atoms with Crippen LogP contribution in [0.25, 0.3) is 0 Å². The monoisotopic (exact) mass is 257 g/mol. The number of anilines is 1. The third kappa shape index (κ3) is 4.26. The van der Waals surface area contributed by atoms with Crippen LogP contribution in [0.4, 0.5) is 5.13 Å². The fraction of sp³-hybridized carbons (Fsp3) is 0.750. The van der Waals surface area contributed by atoms with E-state index < -0.39 is 0 Å². The lowest BCUT2D eigenvalue weighted by atomic mass is 10.2. The van der Waals surface area contributed by atoms with Crippen molar-refractivity contribution < 1.29 is 4.74 Å². The largest absolute Gasteiger partial charge is 0.378 e. The molecule has 0 aliphatic rings. The minimum Gasteiger partial charge on any atom is -0.378 e. The quantitative estimate of drug-likeness (QED) is 0.813. The summed E-state index contributed by atoms with van der Waals surface area (Å²) >= 11 is 1.73. The fourth-order valence-electron chi connectivity index (χ4n) is 1.36. The Morgan fingerprint density at radius 3 is 2.71 bits per heavy atom. The van der Waals surface area contributed by atoms with Crippen LogP contribution in [0.2, 0.25) is 0 Å². The molecule has 17 heavy (non-hydrogen) atoms. The van der Waals surface area contributed by atoms with Crippen molar-refractivity contribution in [2.24, 2.45) is 0 Å². The second-order valence-electron chi connectivity index (χ2n) is 4.38. The Morgan fingerprint density at radius 2 is 2.18 bits per heavy atom. The van der Waals surface area contributed by atoms with Crippen LogP contribution in [-0.4, -0.2) is 32.2 Å². The van der Waals surface area contributed by atoms with Crippen molar-refractivity contribution in [1.29, 1.82) is 0 Å². The first-order chi connectivity index (χ1) is 8.08. The van der Waals surface area contributed by atoms with Crippen LogP contribution in [0.5, 0.6) is 0 Å². The zero-order valence-corrected chi connectivity index (χ0v) is 12.2. The van der Waals surface area contributed by atoms with Gasteiger partial charge in [-0.3, -0.25) is 0 Å². The maximum atomic E-state index is 5.19. The molecule has 0 bridgehead atoms. The second-order valence-corrected chi connectivity index (χ2v) is 5.45. The summed E-state index contributed by atoms with van der Waals surface area (Å²) in [5.74, 6) is 0. The van der Waals surface area contributed by atoms with Gasteiger partial charge in [0.2, 0.25) is 0 Å². The Balaban J connectivity index is 2.73. The molecule has 1 atom stereocenters. The number of methoxy groups -OCH3 is 1. The summed E-state index contributed by atoms with van der Waals surface area (Å²) in [6.45, 7) is 5.84. The molecule has 1 heterocycles. The number of hydrogen-bond acceptors (Lipinski definition) is 5. The van der Waals surface area contributed by atoms with Crippen molar-refractivity contribution in [2.75, 3.05) is 26.1 Å². The van der Waals surface area contributed by atoms with Crippen molar-refractivity contribution in [3.05, 3.63) is 10.6 Å². The van der Waals surface area contributed by atoms with Gasteiger partial charge in [0.15, 0.2) is 5.13 Å². The van der Waals surface area contributed by atoms with Crippen molar-refractivity contribution in [1.82, 2.24) is 10.3 Å². The van der Waals surface area contributed by atoms with E-state index in [0.29, 0.717) is 12.6 Å². The third-order valence-electron chi connectivity index (χ3n) is 2.65. The minimum atomic E-state index is 0.537. The number of aromatic nitrogens is 1. The molecule has 1 unspecified atom stereocenters. The third-order valence-corrected chi connectivity index (χ3v) is 3.92. The SMILES string of the molecule is CCC(C)NCc1sc(N(C)C)nc1COC. The van der Waals surface area contributed by atoms with Crippen LogP contribution in [-0.2, 0) is 17.9 Å². The predicted molar refractivity (Wildman–Crippen MR) is 73.7 cm³/mol. The molecule has 0 saturated carbocycles. The Bertz CT molecular complexity index is 338. The summed E-state index contributed by atoms with van der Waals surface area (Å²) < 4.78 is 5.19. The average molecular weight is 257 g/mol. The zero-order chi connectivity index (χ0) is 12.8. The van der Waals surface area contributed by atoms with E-state index in [2.05, 4.69) is 24.1 Å². The first kappa shape index (κ1) is 14.4. The van der Waals surface area contributed by atoms with Gasteiger partial charge in [0.05, 0.1) is 12.3 Å². The van der Waals surface area contributed by atoms with Crippen molar-refractivity contribution >= 4 is 16.5 Å². The first-order valence-electron chi connectivity index (χ1n) is 5.96. The van der Waals surface area contributed by atoms with Crippen LogP contribution in [0.3, 0.4) is 0 Å². The summed E-state index contributed by atoms with van der Waals surface area (Å²) in [7, 11) is 5.74. The van der Waals surface area contributed by atoms with E-state index >= 15 is 0 Å². The van der Waals surface area contributed by atoms with E-state index in [1.807, 2.05) is 19.0 Å². The van der Waals surface area contributed by atoms with Crippen LogP contribution < -0.4 is 10.2 Å². The molecule has 0 amide bonds. The molecule has 0 saturated heterocycles. The van der Waals surface area contributed by atoms with Crippen LogP contribution in [0, 0.1) is 0 Å². The summed E-state index contributed by atoms with van der Waals surface area (Å²) in [5, 5.41) is 4.54. The van der Waals surface area contributed by atoms with Gasteiger partial charge < -0.3 is 15.0 Å². The van der Waals surface area contributed by atoms with E-state index in [1.165, 1.54) is 4.88 Å². The lowest BCUT2D eigenvalue weighted by molar-refractivity contribution is 0.181. The van der Waals surface area contributed by atoms with Gasteiger partial charge >= 0.3 is 0 Å². The highest BCUT2D eigenvalue weighted by atomic mass is 32.1. The molecule has 0 fully saturated rings. The second kappa shape index (κ2) is 6.93. The van der Waals surface area contributed by atoms with Crippen LogP contribution in [0.1, 0.15) is 30.8 Å². The Morgan fingerprint density at radius 1 is 1.47 bits per heavy atom. The molecule has 0 aromatic carbocycles. The minimum absolute atomic E-state index is 0.537. The van der Waals surface area contributed by atoms with E-state index in [4.69, 9.17) is 4.74 Å². The average Bonchev–Trinajstić information content (AvgIpc) is 2.70. The van der Waals surface area contributed by atoms with Crippen molar-refractivity contribution in [3.63, 3.8) is 0 Å². The van der Waals surface area contributed by atoms with E-state index in [1.54, 1.807) is 18.4 Å². The Hall–Kier alpha value is -0.650. The Kier molecular flexibility index (Phi) is 5.88. The first-order valence-corrected chi connectivity index (χ1v) is 6.78. The summed E-state index contributed by atoms with van der Waals surface area (Å²) in [5.41, 5.74) is 1.05. The summed E-state index contributed by atoms with van der Waals surface area (Å²) in [4.78, 5) is 7.89. The van der Waals surface area contributed by atoms with Crippen molar-refractivity contribution in [3.8, 4) is 0 Å². The molecule has 1 aromatic heterocycles. The lowest BCUT2D eigenvalue weighted by Gasteiger charge is -2.10. The van der Waals surface area contributed by atoms with Crippen LogP contribution >= 0.6 is 11.3 Å². The summed E-state index contributed by atoms with van der Waals surface area (Å²) in [6, 6.07) is 0.537. The summed E-state index contributed by atoms with van der Waals surface area (Å²) in [6.07, 6.45) is 1.14. The smallest absolute Gasteiger partial charge is 0.185 e. The van der Waals surface area contributed by atoms with E-state index in [0.717, 1.165) is 23.8 Å². The molecule has 4 nitrogen and oxygen atoms in total. The van der Waals surface area contributed by atoms with Gasteiger partial charge in [-0.2, -0.15) is 0 Å². The number of hydrogen-bond donors (Lipinski definition) is 1. The maximum Gasteiger partial charge on any atom is 0.185 e. The highest BCUT2D eigenvalue weighted by Gasteiger charge is 2.12. The van der Waals surface area contributed by atoms with Crippen LogP contribution in [0.15, 0.2) is 0 Å². The number of rotatable bonds is 7. The molecular weight excluding hydrogens is 234 g/mol. The molecule has 5 heteroatoms. The van der Waals surface area contributed by atoms with E-state index in [-0.39, 0.29) is 0 Å². The normalized spacial score (nSPS) is 12.8. The standard InChI is InChI=1S/C12H23N3OS/c1-6-9(2)13-7-11-10(8-16-5)14-12(17-11)15(3)4/h9,13H,6-8H2,1-5H3. The zero-order valence-electron chi connectivity index (χ0n) is 11.4. The topological polar surface area (TPSA) is 37.4 Å². The van der Waals surface area contributed by atoms with Gasteiger partial charge in [-0.05, 0) is 13.3 Å². The van der Waals surface area contributed by atoms with Gasteiger partial charge in [0, 0.05) is 38.7 Å². The molecule has 0 aliphatic carbocycles. The molecule has 98 valence electrons. The maximum absolute atomic E-state index is 5.19.